The second-order valence-corrected chi connectivity index (χ2v) is 22.0. The van der Waals surface area contributed by atoms with Gasteiger partial charge in [-0.3, -0.25) is 24.1 Å². The number of aliphatic hydroxyl groups excluding tert-OH is 1. The minimum atomic E-state index is -0.583. The molecule has 1 heterocycles. The number of nitrogens with one attached hydrogen (secondary N) is 3. The van der Waals surface area contributed by atoms with Crippen molar-refractivity contribution in [3.63, 3.8) is 0 Å². The van der Waals surface area contributed by atoms with E-state index in [0.29, 0.717) is 85.0 Å². The molecular formula is C60H118N6O8. The monoisotopic (exact) mass is 1050 g/mol. The number of morpholine rings is 1. The third kappa shape index (κ3) is 37.4. The Morgan fingerprint density at radius 2 is 0.851 bits per heavy atom. The molecule has 1 fully saturated rings. The molecule has 0 bridgehead atoms. The van der Waals surface area contributed by atoms with Crippen molar-refractivity contribution in [2.75, 3.05) is 105 Å². The average molecular weight is 1050 g/mol. The first-order chi connectivity index (χ1) is 36.1. The molecule has 1 rings (SSSR count). The Kier molecular flexibility index (Phi) is 47.2. The maximum absolute atomic E-state index is 13.9. The molecule has 0 aromatic carbocycles. The van der Waals surface area contributed by atoms with Crippen LogP contribution in [-0.2, 0) is 33.4 Å². The van der Waals surface area contributed by atoms with Crippen molar-refractivity contribution in [2.45, 2.75) is 246 Å². The molecule has 4 N–H and O–H groups in total. The van der Waals surface area contributed by atoms with Crippen LogP contribution in [0.15, 0.2) is 0 Å². The SMILES string of the molecule is CCCCCCCCCCCCCCCC(=O)N(CCCNCCO)C(C(=O)NCCOCCOCCNC(=O)C(C(C)C)N(CCCN1CCOCC1)C(=O)CCCCCCCCCCCCCCC)C(C)C. The largest absolute Gasteiger partial charge is 0.395 e. The van der Waals surface area contributed by atoms with E-state index in [2.05, 4.69) is 34.7 Å². The number of unbranched alkanes of at least 4 members (excludes halogenated alkanes) is 24. The lowest BCUT2D eigenvalue weighted by atomic mass is 9.99. The molecule has 1 aliphatic heterocycles. The highest BCUT2D eigenvalue weighted by atomic mass is 16.5. The zero-order valence-corrected chi connectivity index (χ0v) is 49.0. The molecule has 2 atom stereocenters. The number of carbonyl (C=O) groups excluding carboxylic acids is 4. The van der Waals surface area contributed by atoms with Crippen LogP contribution in [0.25, 0.3) is 0 Å². The van der Waals surface area contributed by atoms with Gasteiger partial charge in [0.05, 0.1) is 46.2 Å². The Morgan fingerprint density at radius 1 is 0.486 bits per heavy atom. The predicted octanol–water partition coefficient (Wildman–Crippen LogP) is 10.6. The third-order valence-corrected chi connectivity index (χ3v) is 14.6. The summed E-state index contributed by atoms with van der Waals surface area (Å²) < 4.78 is 17.1. The molecule has 1 saturated heterocycles. The zero-order valence-electron chi connectivity index (χ0n) is 49.0. The lowest BCUT2D eigenvalue weighted by Gasteiger charge is -2.35. The van der Waals surface area contributed by atoms with E-state index in [0.717, 1.165) is 77.8 Å². The molecule has 14 nitrogen and oxygen atoms in total. The molecule has 0 saturated carbocycles. The van der Waals surface area contributed by atoms with E-state index < -0.39 is 12.1 Å². The van der Waals surface area contributed by atoms with Crippen LogP contribution in [0.3, 0.4) is 0 Å². The minimum Gasteiger partial charge on any atom is -0.395 e. The van der Waals surface area contributed by atoms with Gasteiger partial charge in [-0.2, -0.15) is 0 Å². The van der Waals surface area contributed by atoms with Crippen LogP contribution in [0.2, 0.25) is 0 Å². The molecule has 0 spiro atoms. The number of aliphatic hydroxyl groups is 1. The Labute approximate surface area is 454 Å². The summed E-state index contributed by atoms with van der Waals surface area (Å²) in [7, 11) is 0. The third-order valence-electron chi connectivity index (χ3n) is 14.6. The van der Waals surface area contributed by atoms with Gasteiger partial charge in [0.1, 0.15) is 12.1 Å². The molecule has 4 amide bonds. The quantitative estimate of drug-likeness (QED) is 0.0432. The van der Waals surface area contributed by atoms with Crippen LogP contribution in [0.5, 0.6) is 0 Å². The first-order valence-corrected chi connectivity index (χ1v) is 31.0. The molecule has 0 aliphatic carbocycles. The summed E-state index contributed by atoms with van der Waals surface area (Å²) in [5, 5.41) is 18.5. The van der Waals surface area contributed by atoms with Gasteiger partial charge < -0.3 is 45.1 Å². The molecule has 436 valence electrons. The number of carbonyl (C=O) groups is 4. The van der Waals surface area contributed by atoms with Crippen molar-refractivity contribution >= 4 is 23.6 Å². The van der Waals surface area contributed by atoms with Crippen molar-refractivity contribution in [2.24, 2.45) is 11.8 Å². The summed E-state index contributed by atoms with van der Waals surface area (Å²) in [5.41, 5.74) is 0. The Balaban J connectivity index is 2.53. The highest BCUT2D eigenvalue weighted by Gasteiger charge is 2.33. The number of hydrogen-bond acceptors (Lipinski definition) is 10. The van der Waals surface area contributed by atoms with E-state index in [9.17, 15) is 24.3 Å². The predicted molar refractivity (Wildman–Crippen MR) is 305 cm³/mol. The highest BCUT2D eigenvalue weighted by molar-refractivity contribution is 5.88. The molecular weight excluding hydrogens is 933 g/mol. The van der Waals surface area contributed by atoms with Crippen molar-refractivity contribution < 1.29 is 38.5 Å². The van der Waals surface area contributed by atoms with Crippen molar-refractivity contribution in [1.82, 2.24) is 30.7 Å². The summed E-state index contributed by atoms with van der Waals surface area (Å²) in [6.45, 7) is 20.9. The van der Waals surface area contributed by atoms with Gasteiger partial charge in [-0.1, -0.05) is 196 Å². The van der Waals surface area contributed by atoms with Gasteiger partial charge in [-0.05, 0) is 44.1 Å². The van der Waals surface area contributed by atoms with E-state index in [1.54, 1.807) is 4.90 Å². The fraction of sp³-hybridized carbons (Fsp3) is 0.933. The molecule has 0 aromatic rings. The first-order valence-electron chi connectivity index (χ1n) is 31.0. The van der Waals surface area contributed by atoms with Gasteiger partial charge in [0.15, 0.2) is 0 Å². The van der Waals surface area contributed by atoms with Crippen molar-refractivity contribution in [3.05, 3.63) is 0 Å². The molecule has 0 radical (unpaired) electrons. The van der Waals surface area contributed by atoms with Crippen molar-refractivity contribution in [3.8, 4) is 0 Å². The zero-order chi connectivity index (χ0) is 54.1. The van der Waals surface area contributed by atoms with Crippen LogP contribution in [0, 0.1) is 11.8 Å². The van der Waals surface area contributed by atoms with Crippen LogP contribution in [-0.4, -0.2) is 161 Å². The fourth-order valence-electron chi connectivity index (χ4n) is 10.2. The topological polar surface area (TPSA) is 162 Å². The molecule has 14 heteroatoms. The smallest absolute Gasteiger partial charge is 0.243 e. The summed E-state index contributed by atoms with van der Waals surface area (Å²) in [6, 6.07) is -1.13. The van der Waals surface area contributed by atoms with Crippen LogP contribution < -0.4 is 16.0 Å². The summed E-state index contributed by atoms with van der Waals surface area (Å²) >= 11 is 0. The Bertz CT molecular complexity index is 1320. The maximum Gasteiger partial charge on any atom is 0.243 e. The number of rotatable bonds is 53. The number of amides is 4. The Morgan fingerprint density at radius 3 is 1.22 bits per heavy atom. The van der Waals surface area contributed by atoms with Gasteiger partial charge in [0.2, 0.25) is 23.6 Å². The maximum atomic E-state index is 13.9. The van der Waals surface area contributed by atoms with E-state index >= 15 is 0 Å². The molecule has 0 aromatic heterocycles. The summed E-state index contributed by atoms with van der Waals surface area (Å²) in [6.07, 6.45) is 35.0. The standard InChI is InChI=1S/C60H118N6O8/c1-7-9-11-13-15-17-19-21-23-25-27-29-31-35-55(68)65(42-33-37-61-38-46-67)57(53(3)4)59(70)62-39-47-72-51-52-73-48-40-63-60(71)58(54(5)6)66(43-34-41-64-44-49-74-50-45-64)56(69)36-32-30-28-26-24-22-20-18-16-14-12-10-8-2/h53-54,57-58,61,67H,7-52H2,1-6H3,(H,62,70)(H,63,71). The lowest BCUT2D eigenvalue weighted by molar-refractivity contribution is -0.142. The highest BCUT2D eigenvalue weighted by Crippen LogP contribution is 2.20. The van der Waals surface area contributed by atoms with Crippen LogP contribution >= 0.6 is 0 Å². The first kappa shape index (κ1) is 69.7. The normalized spacial score (nSPS) is 13.9. The van der Waals surface area contributed by atoms with Gasteiger partial charge in [0.25, 0.3) is 0 Å². The van der Waals surface area contributed by atoms with E-state index in [4.69, 9.17) is 14.2 Å². The van der Waals surface area contributed by atoms with Crippen LogP contribution in [0.1, 0.15) is 234 Å². The fourth-order valence-corrected chi connectivity index (χ4v) is 10.2. The molecule has 2 unspecified atom stereocenters. The van der Waals surface area contributed by atoms with Gasteiger partial charge in [0, 0.05) is 65.2 Å². The second kappa shape index (κ2) is 50.2. The van der Waals surface area contributed by atoms with Crippen LogP contribution in [0.4, 0.5) is 0 Å². The summed E-state index contributed by atoms with van der Waals surface area (Å²) in [5.74, 6) is -0.329. The average Bonchev–Trinajstić information content (AvgIpc) is 3.38. The number of nitrogens with zero attached hydrogens (tertiary/aromatic N) is 3. The second-order valence-electron chi connectivity index (χ2n) is 22.0. The van der Waals surface area contributed by atoms with Gasteiger partial charge in [-0.25, -0.2) is 0 Å². The van der Waals surface area contributed by atoms with Crippen molar-refractivity contribution in [1.29, 1.82) is 0 Å². The van der Waals surface area contributed by atoms with E-state index in [-0.39, 0.29) is 42.1 Å². The van der Waals surface area contributed by atoms with Gasteiger partial charge in [-0.15, -0.1) is 0 Å². The minimum absolute atomic E-state index is 0.0268. The lowest BCUT2D eigenvalue weighted by Crippen LogP contribution is -2.53. The van der Waals surface area contributed by atoms with E-state index in [1.165, 1.54) is 128 Å². The number of ether oxygens (including phenoxy) is 3. The van der Waals surface area contributed by atoms with Gasteiger partial charge >= 0.3 is 0 Å². The molecule has 1 aliphatic rings. The van der Waals surface area contributed by atoms with E-state index in [1.807, 2.05) is 32.6 Å². The molecule has 74 heavy (non-hydrogen) atoms. The summed E-state index contributed by atoms with van der Waals surface area (Å²) in [4.78, 5) is 61.0. The number of hydrogen-bond donors (Lipinski definition) is 4. The Hall–Kier alpha value is -2.36.